The average Bonchev–Trinajstić information content (AvgIpc) is 2.41. The molecule has 1 amide bonds. The molecule has 1 aliphatic rings. The van der Waals surface area contributed by atoms with Crippen LogP contribution in [0.5, 0.6) is 0 Å². The van der Waals surface area contributed by atoms with Crippen molar-refractivity contribution >= 4 is 18.3 Å². The van der Waals surface area contributed by atoms with Gasteiger partial charge in [0.05, 0.1) is 12.7 Å². The molecule has 0 bridgehead atoms. The van der Waals surface area contributed by atoms with Crippen molar-refractivity contribution in [1.82, 2.24) is 5.32 Å². The summed E-state index contributed by atoms with van der Waals surface area (Å²) >= 11 is 0. The highest BCUT2D eigenvalue weighted by Crippen LogP contribution is 2.49. The number of carbonyl (C=O) groups excluding carboxylic acids is 1. The first kappa shape index (κ1) is 21.6. The molecule has 6 heteroatoms. The molecule has 3 N–H and O–H groups in total. The fourth-order valence-electron chi connectivity index (χ4n) is 2.64. The first-order valence-electron chi connectivity index (χ1n) is 8.02. The van der Waals surface area contributed by atoms with Crippen molar-refractivity contribution in [2.24, 2.45) is 17.1 Å². The van der Waals surface area contributed by atoms with Crippen LogP contribution in [0.1, 0.15) is 47.5 Å². The van der Waals surface area contributed by atoms with Crippen LogP contribution in [0.15, 0.2) is 0 Å². The normalized spacial score (nSPS) is 26.2. The summed E-state index contributed by atoms with van der Waals surface area (Å²) in [5.41, 5.74) is 5.11. The van der Waals surface area contributed by atoms with Crippen molar-refractivity contribution in [2.75, 3.05) is 26.4 Å². The van der Waals surface area contributed by atoms with Crippen LogP contribution in [-0.4, -0.2) is 43.9 Å². The molecule has 0 radical (unpaired) electrons. The maximum absolute atomic E-state index is 12.3. The van der Waals surface area contributed by atoms with Crippen LogP contribution < -0.4 is 11.1 Å². The molecule has 1 rings (SSSR count). The maximum atomic E-state index is 12.3. The molecule has 22 heavy (non-hydrogen) atoms. The number of amides is 1. The zero-order valence-electron chi connectivity index (χ0n) is 14.6. The lowest BCUT2D eigenvalue weighted by atomic mass is 9.54. The van der Waals surface area contributed by atoms with Crippen molar-refractivity contribution in [3.05, 3.63) is 0 Å². The molecule has 2 unspecified atom stereocenters. The Morgan fingerprint density at radius 2 is 2.00 bits per heavy atom. The quantitative estimate of drug-likeness (QED) is 0.632. The van der Waals surface area contributed by atoms with E-state index in [1.165, 1.54) is 0 Å². The summed E-state index contributed by atoms with van der Waals surface area (Å²) in [6.07, 6.45) is 1.67. The number of hydrogen-bond donors (Lipinski definition) is 2. The topological polar surface area (TPSA) is 73.6 Å². The standard InChI is InChI=1S/C16H32N2O3.ClH/c1-6-21-13-11-16(17,15(13,4)5)14(19)18-8-10-20-9-7-12(2)3;/h12-13H,6-11,17H2,1-5H3,(H,18,19);1H. The van der Waals surface area contributed by atoms with Gasteiger partial charge in [0.2, 0.25) is 5.91 Å². The Labute approximate surface area is 141 Å². The molecule has 0 spiro atoms. The van der Waals surface area contributed by atoms with E-state index in [1.807, 2.05) is 20.8 Å². The predicted molar refractivity (Wildman–Crippen MR) is 91.3 cm³/mol. The number of nitrogens with two attached hydrogens (primary N) is 1. The van der Waals surface area contributed by atoms with E-state index in [9.17, 15) is 4.79 Å². The molecule has 2 atom stereocenters. The third-order valence-electron chi connectivity index (χ3n) is 4.61. The summed E-state index contributed by atoms with van der Waals surface area (Å²) in [6.45, 7) is 12.7. The van der Waals surface area contributed by atoms with E-state index in [0.717, 1.165) is 13.0 Å². The van der Waals surface area contributed by atoms with Crippen LogP contribution in [0.25, 0.3) is 0 Å². The summed E-state index contributed by atoms with van der Waals surface area (Å²) in [5.74, 6) is 0.536. The minimum absolute atomic E-state index is 0. The maximum Gasteiger partial charge on any atom is 0.240 e. The van der Waals surface area contributed by atoms with Crippen molar-refractivity contribution in [3.63, 3.8) is 0 Å². The van der Waals surface area contributed by atoms with Gasteiger partial charge >= 0.3 is 0 Å². The average molecular weight is 337 g/mol. The second-order valence-electron chi connectivity index (χ2n) is 6.89. The van der Waals surface area contributed by atoms with Crippen LogP contribution in [0.3, 0.4) is 0 Å². The van der Waals surface area contributed by atoms with Gasteiger partial charge in [-0.2, -0.15) is 0 Å². The summed E-state index contributed by atoms with van der Waals surface area (Å²) in [4.78, 5) is 12.3. The van der Waals surface area contributed by atoms with E-state index in [0.29, 0.717) is 32.1 Å². The van der Waals surface area contributed by atoms with Gasteiger partial charge in [0.1, 0.15) is 5.54 Å². The highest BCUT2D eigenvalue weighted by Gasteiger charge is 2.62. The minimum Gasteiger partial charge on any atom is -0.380 e. The van der Waals surface area contributed by atoms with Crippen LogP contribution in [0.4, 0.5) is 0 Å². The smallest absolute Gasteiger partial charge is 0.240 e. The van der Waals surface area contributed by atoms with Crippen LogP contribution in [-0.2, 0) is 14.3 Å². The summed E-state index contributed by atoms with van der Waals surface area (Å²) in [6, 6.07) is 0. The SMILES string of the molecule is CCOC1CC(N)(C(=O)NCCOCCC(C)C)C1(C)C.Cl. The molecule has 0 aromatic rings. The summed E-state index contributed by atoms with van der Waals surface area (Å²) < 4.78 is 11.1. The number of nitrogens with one attached hydrogen (secondary N) is 1. The molecule has 0 saturated heterocycles. The van der Waals surface area contributed by atoms with E-state index in [4.69, 9.17) is 15.2 Å². The fraction of sp³-hybridized carbons (Fsp3) is 0.938. The number of ether oxygens (including phenoxy) is 2. The Morgan fingerprint density at radius 1 is 1.36 bits per heavy atom. The highest BCUT2D eigenvalue weighted by atomic mass is 35.5. The Hall–Kier alpha value is -0.360. The van der Waals surface area contributed by atoms with Crippen molar-refractivity contribution in [1.29, 1.82) is 0 Å². The lowest BCUT2D eigenvalue weighted by molar-refractivity contribution is -0.170. The molecule has 132 valence electrons. The van der Waals surface area contributed by atoms with Gasteiger partial charge in [-0.25, -0.2) is 0 Å². The Kier molecular flexibility index (Phi) is 8.91. The Morgan fingerprint density at radius 3 is 2.50 bits per heavy atom. The Balaban J connectivity index is 0.00000441. The van der Waals surface area contributed by atoms with Gasteiger partial charge < -0.3 is 20.5 Å². The van der Waals surface area contributed by atoms with Gasteiger partial charge in [-0.15, -0.1) is 12.4 Å². The minimum atomic E-state index is -0.842. The summed E-state index contributed by atoms with van der Waals surface area (Å²) in [7, 11) is 0. The first-order valence-corrected chi connectivity index (χ1v) is 8.02. The zero-order chi connectivity index (χ0) is 16.1. The number of hydrogen-bond acceptors (Lipinski definition) is 4. The van der Waals surface area contributed by atoms with Gasteiger partial charge in [-0.05, 0) is 19.3 Å². The van der Waals surface area contributed by atoms with E-state index < -0.39 is 5.54 Å². The molecule has 0 aromatic heterocycles. The number of halogens is 1. The molecule has 1 aliphatic carbocycles. The van der Waals surface area contributed by atoms with Crippen LogP contribution in [0.2, 0.25) is 0 Å². The molecular weight excluding hydrogens is 304 g/mol. The van der Waals surface area contributed by atoms with E-state index in [1.54, 1.807) is 0 Å². The van der Waals surface area contributed by atoms with E-state index in [2.05, 4.69) is 19.2 Å². The summed E-state index contributed by atoms with van der Waals surface area (Å²) in [5, 5.41) is 2.89. The predicted octanol–water partition coefficient (Wildman–Crippen LogP) is 2.12. The van der Waals surface area contributed by atoms with Crippen LogP contribution in [0, 0.1) is 11.3 Å². The lowest BCUT2D eigenvalue weighted by Crippen LogP contribution is -2.75. The zero-order valence-corrected chi connectivity index (χ0v) is 15.4. The monoisotopic (exact) mass is 336 g/mol. The lowest BCUT2D eigenvalue weighted by Gasteiger charge is -2.57. The first-order chi connectivity index (χ1) is 9.75. The van der Waals surface area contributed by atoms with Gasteiger partial charge in [-0.1, -0.05) is 27.7 Å². The third-order valence-corrected chi connectivity index (χ3v) is 4.61. The third kappa shape index (κ3) is 4.82. The van der Waals surface area contributed by atoms with Gasteiger partial charge in [0, 0.05) is 31.6 Å². The van der Waals surface area contributed by atoms with Gasteiger partial charge in [-0.3, -0.25) is 4.79 Å². The van der Waals surface area contributed by atoms with E-state index >= 15 is 0 Å². The fourth-order valence-corrected chi connectivity index (χ4v) is 2.64. The molecule has 1 saturated carbocycles. The molecular formula is C16H33ClN2O3. The van der Waals surface area contributed by atoms with Gasteiger partial charge in [0.25, 0.3) is 0 Å². The van der Waals surface area contributed by atoms with Crippen molar-refractivity contribution in [2.45, 2.75) is 59.1 Å². The molecule has 0 aliphatic heterocycles. The second kappa shape index (κ2) is 9.06. The largest absolute Gasteiger partial charge is 0.380 e. The van der Waals surface area contributed by atoms with Gasteiger partial charge in [0.15, 0.2) is 0 Å². The van der Waals surface area contributed by atoms with Crippen LogP contribution >= 0.6 is 12.4 Å². The second-order valence-corrected chi connectivity index (χ2v) is 6.89. The highest BCUT2D eigenvalue weighted by molar-refractivity contribution is 5.88. The van der Waals surface area contributed by atoms with E-state index in [-0.39, 0.29) is 29.8 Å². The number of rotatable bonds is 9. The molecule has 1 fully saturated rings. The molecule has 5 nitrogen and oxygen atoms in total. The van der Waals surface area contributed by atoms with Crippen molar-refractivity contribution < 1.29 is 14.3 Å². The van der Waals surface area contributed by atoms with Crippen molar-refractivity contribution in [3.8, 4) is 0 Å². The molecule has 0 heterocycles. The Bertz CT molecular complexity index is 350. The molecule has 0 aromatic carbocycles. The number of carbonyl (C=O) groups is 1.